The maximum atomic E-state index is 12.3. The van der Waals surface area contributed by atoms with Gasteiger partial charge in [0, 0.05) is 6.54 Å². The molecule has 0 aliphatic rings. The number of aliphatic carboxylic acids is 1. The molecular formula is C13H16F3NO4. The molecule has 5 nitrogen and oxygen atoms in total. The van der Waals surface area contributed by atoms with E-state index in [-0.39, 0.29) is 13.2 Å². The van der Waals surface area contributed by atoms with E-state index in [4.69, 9.17) is 14.6 Å². The lowest BCUT2D eigenvalue weighted by Crippen LogP contribution is -2.40. The third-order valence-corrected chi connectivity index (χ3v) is 2.50. The summed E-state index contributed by atoms with van der Waals surface area (Å²) in [5, 5.41) is 8.61. The molecule has 8 heteroatoms. The van der Waals surface area contributed by atoms with Crippen molar-refractivity contribution in [3.63, 3.8) is 0 Å². The number of carboxylic acids is 1. The van der Waals surface area contributed by atoms with E-state index in [2.05, 4.69) is 0 Å². The Morgan fingerprint density at radius 2 is 1.90 bits per heavy atom. The Kier molecular flexibility index (Phi) is 6.29. The van der Waals surface area contributed by atoms with Gasteiger partial charge < -0.3 is 14.6 Å². The van der Waals surface area contributed by atoms with Crippen LogP contribution in [-0.4, -0.2) is 55.5 Å². The van der Waals surface area contributed by atoms with Crippen LogP contribution in [0.4, 0.5) is 13.2 Å². The number of hydrogen-bond donors (Lipinski definition) is 1. The van der Waals surface area contributed by atoms with Crippen LogP contribution in [0, 0.1) is 0 Å². The van der Waals surface area contributed by atoms with Crippen LogP contribution in [-0.2, 0) is 4.79 Å². The molecule has 0 amide bonds. The molecule has 1 rings (SSSR count). The highest BCUT2D eigenvalue weighted by Crippen LogP contribution is 2.25. The Morgan fingerprint density at radius 1 is 1.29 bits per heavy atom. The zero-order chi connectivity index (χ0) is 15.9. The summed E-state index contributed by atoms with van der Waals surface area (Å²) in [5.74, 6) is -0.475. The molecule has 1 aromatic rings. The van der Waals surface area contributed by atoms with Gasteiger partial charge in [-0.25, -0.2) is 0 Å². The largest absolute Gasteiger partial charge is 0.493 e. The number of nitrogens with zero attached hydrogens (tertiary/aromatic N) is 1. The minimum Gasteiger partial charge on any atom is -0.493 e. The van der Waals surface area contributed by atoms with Crippen LogP contribution in [0.15, 0.2) is 24.3 Å². The molecule has 0 aliphatic carbocycles. The Hall–Kier alpha value is -1.96. The Labute approximate surface area is 119 Å². The van der Waals surface area contributed by atoms with Crippen LogP contribution in [0.5, 0.6) is 11.5 Å². The van der Waals surface area contributed by atoms with Gasteiger partial charge in [-0.1, -0.05) is 12.1 Å². The van der Waals surface area contributed by atoms with E-state index in [1.54, 1.807) is 24.3 Å². The second-order valence-electron chi connectivity index (χ2n) is 4.22. The summed E-state index contributed by atoms with van der Waals surface area (Å²) in [4.78, 5) is 11.3. The number of hydrogen-bond acceptors (Lipinski definition) is 4. The summed E-state index contributed by atoms with van der Waals surface area (Å²) >= 11 is 0. The predicted octanol–water partition coefficient (Wildman–Crippen LogP) is 2.02. The van der Waals surface area contributed by atoms with Crippen molar-refractivity contribution in [1.82, 2.24) is 4.90 Å². The second-order valence-corrected chi connectivity index (χ2v) is 4.22. The third kappa shape index (κ3) is 6.84. The van der Waals surface area contributed by atoms with Gasteiger partial charge in [-0.3, -0.25) is 9.69 Å². The fourth-order valence-electron chi connectivity index (χ4n) is 1.68. The van der Waals surface area contributed by atoms with Crippen molar-refractivity contribution in [2.45, 2.75) is 6.18 Å². The van der Waals surface area contributed by atoms with Gasteiger partial charge in [0.2, 0.25) is 0 Å². The average molecular weight is 307 g/mol. The van der Waals surface area contributed by atoms with E-state index in [0.29, 0.717) is 11.5 Å². The van der Waals surface area contributed by atoms with Gasteiger partial charge in [-0.05, 0) is 12.1 Å². The summed E-state index contributed by atoms with van der Waals surface area (Å²) in [5.41, 5.74) is 0. The number of ether oxygens (including phenoxy) is 2. The standard InChI is InChI=1S/C13H16F3NO4/c1-20-10-4-2-3-5-11(10)21-7-6-17(8-12(18)19)9-13(14,15)16/h2-5H,6-9H2,1H3,(H,18,19). The van der Waals surface area contributed by atoms with E-state index in [0.717, 1.165) is 4.90 Å². The van der Waals surface area contributed by atoms with Crippen LogP contribution in [0.2, 0.25) is 0 Å². The highest BCUT2D eigenvalue weighted by molar-refractivity contribution is 5.69. The average Bonchev–Trinajstić information content (AvgIpc) is 2.36. The molecular weight excluding hydrogens is 291 g/mol. The molecule has 0 atom stereocenters. The highest BCUT2D eigenvalue weighted by Gasteiger charge is 2.31. The molecule has 0 saturated carbocycles. The molecule has 1 aromatic carbocycles. The zero-order valence-corrected chi connectivity index (χ0v) is 11.4. The fourth-order valence-corrected chi connectivity index (χ4v) is 1.68. The van der Waals surface area contributed by atoms with Crippen molar-refractivity contribution >= 4 is 5.97 Å². The van der Waals surface area contributed by atoms with Crippen molar-refractivity contribution in [3.05, 3.63) is 24.3 Å². The van der Waals surface area contributed by atoms with Crippen molar-refractivity contribution in [1.29, 1.82) is 0 Å². The van der Waals surface area contributed by atoms with Gasteiger partial charge >= 0.3 is 12.1 Å². The number of halogens is 3. The monoisotopic (exact) mass is 307 g/mol. The van der Waals surface area contributed by atoms with Crippen LogP contribution in [0.25, 0.3) is 0 Å². The Morgan fingerprint density at radius 3 is 2.43 bits per heavy atom. The normalized spacial score (nSPS) is 11.5. The van der Waals surface area contributed by atoms with Crippen LogP contribution in [0.3, 0.4) is 0 Å². The number of rotatable bonds is 8. The van der Waals surface area contributed by atoms with Gasteiger partial charge in [-0.15, -0.1) is 0 Å². The number of methoxy groups -OCH3 is 1. The lowest BCUT2D eigenvalue weighted by Gasteiger charge is -2.21. The summed E-state index contributed by atoms with van der Waals surface area (Å²) < 4.78 is 47.4. The quantitative estimate of drug-likeness (QED) is 0.796. The number of alkyl halides is 3. The lowest BCUT2D eigenvalue weighted by atomic mass is 10.3. The predicted molar refractivity (Wildman–Crippen MR) is 68.6 cm³/mol. The first-order valence-electron chi connectivity index (χ1n) is 6.08. The summed E-state index contributed by atoms with van der Waals surface area (Å²) in [6.45, 7) is -2.24. The number of carbonyl (C=O) groups is 1. The van der Waals surface area contributed by atoms with Crippen LogP contribution >= 0.6 is 0 Å². The number of para-hydroxylation sites is 2. The van der Waals surface area contributed by atoms with Gasteiger partial charge in [0.05, 0.1) is 20.2 Å². The van der Waals surface area contributed by atoms with Crippen molar-refractivity contribution in [3.8, 4) is 11.5 Å². The van der Waals surface area contributed by atoms with E-state index < -0.39 is 25.2 Å². The van der Waals surface area contributed by atoms with Crippen molar-refractivity contribution in [2.75, 3.05) is 33.4 Å². The Balaban J connectivity index is 2.54. The van der Waals surface area contributed by atoms with E-state index in [1.807, 2.05) is 0 Å². The van der Waals surface area contributed by atoms with Crippen LogP contribution in [0.1, 0.15) is 0 Å². The van der Waals surface area contributed by atoms with Crippen molar-refractivity contribution in [2.24, 2.45) is 0 Å². The third-order valence-electron chi connectivity index (χ3n) is 2.50. The van der Waals surface area contributed by atoms with E-state index in [9.17, 15) is 18.0 Å². The molecule has 0 heterocycles. The van der Waals surface area contributed by atoms with E-state index in [1.165, 1.54) is 7.11 Å². The minimum absolute atomic E-state index is 0.0796. The number of benzene rings is 1. The first-order chi connectivity index (χ1) is 9.81. The first kappa shape index (κ1) is 17.1. The highest BCUT2D eigenvalue weighted by atomic mass is 19.4. The molecule has 1 N–H and O–H groups in total. The second kappa shape index (κ2) is 7.72. The first-order valence-corrected chi connectivity index (χ1v) is 6.08. The van der Waals surface area contributed by atoms with Crippen molar-refractivity contribution < 1.29 is 32.5 Å². The topological polar surface area (TPSA) is 59.0 Å². The minimum atomic E-state index is -4.46. The van der Waals surface area contributed by atoms with Gasteiger partial charge in [0.15, 0.2) is 11.5 Å². The van der Waals surface area contributed by atoms with Gasteiger partial charge in [-0.2, -0.15) is 13.2 Å². The molecule has 0 fully saturated rings. The molecule has 0 spiro atoms. The molecule has 0 saturated heterocycles. The van der Waals surface area contributed by atoms with Gasteiger partial charge in [0.25, 0.3) is 0 Å². The molecule has 118 valence electrons. The van der Waals surface area contributed by atoms with Gasteiger partial charge in [0.1, 0.15) is 6.61 Å². The Bertz CT molecular complexity index is 465. The lowest BCUT2D eigenvalue weighted by molar-refractivity contribution is -0.154. The summed E-state index contributed by atoms with van der Waals surface area (Å²) in [7, 11) is 1.45. The SMILES string of the molecule is COc1ccccc1OCCN(CC(=O)O)CC(F)(F)F. The maximum absolute atomic E-state index is 12.3. The smallest absolute Gasteiger partial charge is 0.401 e. The molecule has 0 bridgehead atoms. The molecule has 0 unspecified atom stereocenters. The fraction of sp³-hybridized carbons (Fsp3) is 0.462. The summed E-state index contributed by atoms with van der Waals surface area (Å²) in [6, 6.07) is 6.69. The molecule has 0 aromatic heterocycles. The zero-order valence-electron chi connectivity index (χ0n) is 11.4. The molecule has 21 heavy (non-hydrogen) atoms. The van der Waals surface area contributed by atoms with E-state index >= 15 is 0 Å². The molecule has 0 aliphatic heterocycles. The maximum Gasteiger partial charge on any atom is 0.401 e. The number of carboxylic acid groups (broad SMARTS) is 1. The van der Waals surface area contributed by atoms with Crippen LogP contribution < -0.4 is 9.47 Å². The summed E-state index contributed by atoms with van der Waals surface area (Å²) in [6.07, 6.45) is -4.46. The molecule has 0 radical (unpaired) electrons.